The summed E-state index contributed by atoms with van der Waals surface area (Å²) >= 11 is 7.32. The summed E-state index contributed by atoms with van der Waals surface area (Å²) < 4.78 is 0. The zero-order valence-corrected chi connectivity index (χ0v) is 19.0. The van der Waals surface area contributed by atoms with Crippen LogP contribution in [0.3, 0.4) is 0 Å². The van der Waals surface area contributed by atoms with Crippen molar-refractivity contribution < 1.29 is 14.7 Å². The third-order valence-electron chi connectivity index (χ3n) is 4.72. The number of carboxylic acid groups (broad SMARTS) is 1. The predicted molar refractivity (Wildman–Crippen MR) is 126 cm³/mol. The zero-order chi connectivity index (χ0) is 23.3. The predicted octanol–water partition coefficient (Wildman–Crippen LogP) is 5.79. The van der Waals surface area contributed by atoms with E-state index in [1.54, 1.807) is 12.1 Å². The molecule has 2 aromatic carbocycles. The zero-order valence-electron chi connectivity index (χ0n) is 17.4. The first-order valence-electron chi connectivity index (χ1n) is 9.81. The van der Waals surface area contributed by atoms with E-state index < -0.39 is 11.2 Å². The van der Waals surface area contributed by atoms with Crippen molar-refractivity contribution in [1.82, 2.24) is 4.98 Å². The molecule has 32 heavy (non-hydrogen) atoms. The smallest absolute Gasteiger partial charge is 0.335 e. The minimum Gasteiger partial charge on any atom is -0.478 e. The highest BCUT2D eigenvalue weighted by molar-refractivity contribution is 8.00. The van der Waals surface area contributed by atoms with E-state index in [1.807, 2.05) is 38.1 Å². The molecule has 3 rings (SSSR count). The topological polar surface area (TPSA) is 103 Å². The molecule has 0 aliphatic rings. The van der Waals surface area contributed by atoms with Gasteiger partial charge in [-0.2, -0.15) is 5.26 Å². The van der Waals surface area contributed by atoms with Gasteiger partial charge >= 0.3 is 5.97 Å². The molecule has 0 spiro atoms. The van der Waals surface area contributed by atoms with Crippen LogP contribution in [0.2, 0.25) is 5.02 Å². The van der Waals surface area contributed by atoms with Crippen LogP contribution >= 0.6 is 23.4 Å². The van der Waals surface area contributed by atoms with Crippen molar-refractivity contribution in [2.45, 2.75) is 30.5 Å². The van der Waals surface area contributed by atoms with Gasteiger partial charge in [-0.05, 0) is 43.7 Å². The Balaban J connectivity index is 1.86. The van der Waals surface area contributed by atoms with Gasteiger partial charge in [0.1, 0.15) is 11.1 Å². The van der Waals surface area contributed by atoms with Gasteiger partial charge in [-0.15, -0.1) is 0 Å². The molecule has 1 aromatic heterocycles. The number of rotatable bonds is 7. The fourth-order valence-corrected chi connectivity index (χ4v) is 4.08. The lowest BCUT2D eigenvalue weighted by Gasteiger charge is -2.16. The average molecular weight is 466 g/mol. The van der Waals surface area contributed by atoms with Gasteiger partial charge in [-0.3, -0.25) is 4.79 Å². The summed E-state index contributed by atoms with van der Waals surface area (Å²) in [4.78, 5) is 28.8. The van der Waals surface area contributed by atoms with Crippen LogP contribution in [0, 0.1) is 18.3 Å². The number of nitriles is 1. The fraction of sp³-hybridized carbons (Fsp3) is 0.167. The first kappa shape index (κ1) is 23.3. The molecule has 0 saturated carbocycles. The molecular formula is C24H20ClN3O3S. The van der Waals surface area contributed by atoms with Crippen molar-refractivity contribution >= 4 is 40.9 Å². The molecule has 3 aromatic rings. The van der Waals surface area contributed by atoms with Gasteiger partial charge in [0.2, 0.25) is 5.91 Å². The van der Waals surface area contributed by atoms with Crippen molar-refractivity contribution in [2.75, 3.05) is 5.32 Å². The first-order valence-corrected chi connectivity index (χ1v) is 11.1. The summed E-state index contributed by atoms with van der Waals surface area (Å²) in [6.45, 7) is 3.85. The van der Waals surface area contributed by atoms with Gasteiger partial charge in [0, 0.05) is 5.56 Å². The van der Waals surface area contributed by atoms with E-state index in [1.165, 1.54) is 30.0 Å². The van der Waals surface area contributed by atoms with Crippen molar-refractivity contribution in [1.29, 1.82) is 5.26 Å². The number of aryl methyl sites for hydroxylation is 1. The van der Waals surface area contributed by atoms with Gasteiger partial charge in [-0.1, -0.05) is 60.1 Å². The van der Waals surface area contributed by atoms with Crippen LogP contribution in [-0.4, -0.2) is 27.2 Å². The fourth-order valence-electron chi connectivity index (χ4n) is 2.92. The average Bonchev–Trinajstić information content (AvgIpc) is 2.79. The number of nitrogens with one attached hydrogen (secondary N) is 1. The molecule has 1 amide bonds. The van der Waals surface area contributed by atoms with E-state index in [0.717, 1.165) is 11.1 Å². The largest absolute Gasteiger partial charge is 0.478 e. The highest BCUT2D eigenvalue weighted by atomic mass is 35.5. The number of amides is 1. The van der Waals surface area contributed by atoms with Crippen LogP contribution in [0.4, 0.5) is 5.69 Å². The molecule has 2 N–H and O–H groups in total. The molecule has 0 aliphatic carbocycles. The summed E-state index contributed by atoms with van der Waals surface area (Å²) in [6.07, 6.45) is 0.466. The number of nitrogens with zero attached hydrogens (tertiary/aromatic N) is 2. The van der Waals surface area contributed by atoms with Gasteiger partial charge in [0.25, 0.3) is 0 Å². The SMILES string of the molecule is CCC(Sc1nc(-c2ccc(C)cc2)ccc1C#N)C(=O)Nc1cc(C(=O)O)ccc1Cl. The van der Waals surface area contributed by atoms with Crippen molar-refractivity contribution in [3.05, 3.63) is 76.3 Å². The number of pyridine rings is 1. The molecule has 0 aliphatic heterocycles. The minimum atomic E-state index is -1.12. The van der Waals surface area contributed by atoms with E-state index in [0.29, 0.717) is 22.7 Å². The Morgan fingerprint density at radius 1 is 1.19 bits per heavy atom. The molecule has 1 atom stereocenters. The van der Waals surface area contributed by atoms with Crippen LogP contribution in [-0.2, 0) is 4.79 Å². The first-order chi connectivity index (χ1) is 15.3. The molecular weight excluding hydrogens is 446 g/mol. The summed E-state index contributed by atoms with van der Waals surface area (Å²) in [6, 6.07) is 17.6. The third-order valence-corrected chi connectivity index (χ3v) is 6.41. The molecule has 0 fully saturated rings. The van der Waals surface area contributed by atoms with E-state index >= 15 is 0 Å². The Bertz CT molecular complexity index is 1210. The standard InChI is InChI=1S/C24H20ClN3O3S/c1-3-21(22(29)27-20-12-16(24(30)31)8-10-18(20)25)32-23-17(13-26)9-11-19(28-23)15-6-4-14(2)5-7-15/h4-12,21H,3H2,1-2H3,(H,27,29)(H,30,31). The molecule has 162 valence electrons. The second kappa shape index (κ2) is 10.3. The van der Waals surface area contributed by atoms with E-state index in [-0.39, 0.29) is 22.2 Å². The van der Waals surface area contributed by atoms with Crippen LogP contribution in [0.25, 0.3) is 11.3 Å². The lowest BCUT2D eigenvalue weighted by Crippen LogP contribution is -2.25. The lowest BCUT2D eigenvalue weighted by molar-refractivity contribution is -0.115. The normalized spacial score (nSPS) is 11.4. The van der Waals surface area contributed by atoms with Gasteiger partial charge in [-0.25, -0.2) is 9.78 Å². The summed E-state index contributed by atoms with van der Waals surface area (Å²) in [5.41, 5.74) is 3.37. The van der Waals surface area contributed by atoms with E-state index in [9.17, 15) is 20.0 Å². The van der Waals surface area contributed by atoms with Crippen LogP contribution in [0.1, 0.15) is 34.8 Å². The second-order valence-electron chi connectivity index (χ2n) is 7.03. The Hall–Kier alpha value is -3.34. The number of halogens is 1. The van der Waals surface area contributed by atoms with Gasteiger partial charge in [0.05, 0.1) is 32.8 Å². The maximum absolute atomic E-state index is 12.9. The van der Waals surface area contributed by atoms with Crippen molar-refractivity contribution in [3.63, 3.8) is 0 Å². The Kier molecular flexibility index (Phi) is 7.52. The molecule has 0 radical (unpaired) electrons. The Labute approximate surface area is 195 Å². The number of thioether (sulfide) groups is 1. The number of aromatic carboxylic acids is 1. The Morgan fingerprint density at radius 2 is 1.91 bits per heavy atom. The van der Waals surface area contributed by atoms with Crippen molar-refractivity contribution in [2.24, 2.45) is 0 Å². The molecule has 1 heterocycles. The quantitative estimate of drug-likeness (QED) is 0.428. The maximum Gasteiger partial charge on any atom is 0.335 e. The van der Waals surface area contributed by atoms with Crippen LogP contribution in [0.15, 0.2) is 59.6 Å². The third kappa shape index (κ3) is 5.47. The summed E-state index contributed by atoms with van der Waals surface area (Å²) in [5, 5.41) is 21.5. The van der Waals surface area contributed by atoms with Crippen molar-refractivity contribution in [3.8, 4) is 17.3 Å². The molecule has 6 nitrogen and oxygen atoms in total. The van der Waals surface area contributed by atoms with Crippen LogP contribution < -0.4 is 5.32 Å². The summed E-state index contributed by atoms with van der Waals surface area (Å²) in [5.74, 6) is -1.47. The van der Waals surface area contributed by atoms with Gasteiger partial charge < -0.3 is 10.4 Å². The number of hydrogen-bond acceptors (Lipinski definition) is 5. The minimum absolute atomic E-state index is 0.0182. The number of carboxylic acids is 1. The summed E-state index contributed by atoms with van der Waals surface area (Å²) in [7, 11) is 0. The molecule has 1 unspecified atom stereocenters. The Morgan fingerprint density at radius 3 is 2.53 bits per heavy atom. The van der Waals surface area contributed by atoms with Crippen LogP contribution in [0.5, 0.6) is 0 Å². The van der Waals surface area contributed by atoms with E-state index in [2.05, 4.69) is 16.4 Å². The van der Waals surface area contributed by atoms with E-state index in [4.69, 9.17) is 11.6 Å². The number of benzene rings is 2. The highest BCUT2D eigenvalue weighted by Crippen LogP contribution is 2.31. The number of aromatic nitrogens is 1. The lowest BCUT2D eigenvalue weighted by atomic mass is 10.1. The molecule has 0 saturated heterocycles. The molecule has 8 heteroatoms. The maximum atomic E-state index is 12.9. The number of carbonyl (C=O) groups is 2. The molecule has 0 bridgehead atoms. The number of anilines is 1. The number of hydrogen-bond donors (Lipinski definition) is 2. The highest BCUT2D eigenvalue weighted by Gasteiger charge is 2.22. The van der Waals surface area contributed by atoms with Gasteiger partial charge in [0.15, 0.2) is 0 Å². The second-order valence-corrected chi connectivity index (χ2v) is 8.63. The monoisotopic (exact) mass is 465 g/mol. The number of carbonyl (C=O) groups excluding carboxylic acids is 1.